The van der Waals surface area contributed by atoms with E-state index in [9.17, 15) is 15.0 Å². The standard InChI is InChI=1S/C12H19NO4/c1-6(14)12(13,11(16)17)10(15)9-5-7-2-3-8(9)4-7/h2-3,6-10,14-15H,4-5,13H2,1H3,(H,16,17)/t6?,7?,8?,9?,10-,12+/m1/s1. The van der Waals surface area contributed by atoms with E-state index in [2.05, 4.69) is 6.08 Å². The van der Waals surface area contributed by atoms with E-state index in [0.717, 1.165) is 12.8 Å². The molecule has 5 heteroatoms. The summed E-state index contributed by atoms with van der Waals surface area (Å²) in [5.41, 5.74) is 3.73. The first kappa shape index (κ1) is 12.5. The maximum atomic E-state index is 11.2. The van der Waals surface area contributed by atoms with Crippen molar-refractivity contribution in [3.05, 3.63) is 12.2 Å². The van der Waals surface area contributed by atoms with E-state index in [0.29, 0.717) is 5.92 Å². The second-order valence-corrected chi connectivity index (χ2v) is 5.30. The first-order valence-corrected chi connectivity index (χ1v) is 5.94. The largest absolute Gasteiger partial charge is 0.480 e. The SMILES string of the molecule is CC(O)[C@@](N)(C(=O)O)[C@H](O)C1CC2C=CC1C2. The molecule has 6 atom stereocenters. The maximum absolute atomic E-state index is 11.2. The van der Waals surface area contributed by atoms with Gasteiger partial charge in [-0.15, -0.1) is 0 Å². The van der Waals surface area contributed by atoms with Gasteiger partial charge in [0.05, 0.1) is 12.2 Å². The Balaban J connectivity index is 2.21. The zero-order valence-corrected chi connectivity index (χ0v) is 9.78. The molecule has 0 spiro atoms. The average Bonchev–Trinajstić information content (AvgIpc) is 2.87. The van der Waals surface area contributed by atoms with Crippen LogP contribution >= 0.6 is 0 Å². The van der Waals surface area contributed by atoms with Crippen LogP contribution in [-0.2, 0) is 4.79 Å². The second-order valence-electron chi connectivity index (χ2n) is 5.30. The number of hydrogen-bond acceptors (Lipinski definition) is 4. The Morgan fingerprint density at radius 3 is 2.41 bits per heavy atom. The number of aliphatic hydroxyl groups is 2. The van der Waals surface area contributed by atoms with Gasteiger partial charge in [-0.1, -0.05) is 12.2 Å². The number of fused-ring (bicyclic) bond motifs is 2. The van der Waals surface area contributed by atoms with Gasteiger partial charge < -0.3 is 21.1 Å². The Morgan fingerprint density at radius 2 is 2.06 bits per heavy atom. The molecule has 0 aliphatic heterocycles. The molecule has 2 aliphatic carbocycles. The van der Waals surface area contributed by atoms with Crippen LogP contribution in [0.5, 0.6) is 0 Å². The van der Waals surface area contributed by atoms with E-state index in [1.54, 1.807) is 0 Å². The summed E-state index contributed by atoms with van der Waals surface area (Å²) in [6.45, 7) is 1.31. The van der Waals surface area contributed by atoms with Gasteiger partial charge in [0.2, 0.25) is 0 Å². The second kappa shape index (κ2) is 4.08. The molecule has 1 saturated carbocycles. The number of rotatable bonds is 4. The molecule has 1 fully saturated rings. The molecule has 0 amide bonds. The van der Waals surface area contributed by atoms with Gasteiger partial charge >= 0.3 is 5.97 Å². The molecule has 0 aromatic heterocycles. The van der Waals surface area contributed by atoms with Gasteiger partial charge in [-0.25, -0.2) is 0 Å². The smallest absolute Gasteiger partial charge is 0.329 e. The Bertz CT molecular complexity index is 354. The number of carbonyl (C=O) groups is 1. The summed E-state index contributed by atoms with van der Waals surface area (Å²) in [5.74, 6) is -0.907. The molecule has 2 rings (SSSR count). The molecule has 96 valence electrons. The summed E-state index contributed by atoms with van der Waals surface area (Å²) in [6, 6.07) is 0. The maximum Gasteiger partial charge on any atom is 0.329 e. The molecular formula is C12H19NO4. The Morgan fingerprint density at radius 1 is 1.41 bits per heavy atom. The van der Waals surface area contributed by atoms with E-state index < -0.39 is 23.7 Å². The quantitative estimate of drug-likeness (QED) is 0.507. The molecule has 0 saturated heterocycles. The van der Waals surface area contributed by atoms with Crippen molar-refractivity contribution in [2.24, 2.45) is 23.5 Å². The summed E-state index contributed by atoms with van der Waals surface area (Å²) in [7, 11) is 0. The van der Waals surface area contributed by atoms with Gasteiger partial charge in [-0.2, -0.15) is 0 Å². The van der Waals surface area contributed by atoms with Gasteiger partial charge in [0.1, 0.15) is 0 Å². The zero-order valence-electron chi connectivity index (χ0n) is 9.78. The summed E-state index contributed by atoms with van der Waals surface area (Å²) in [5, 5.41) is 28.9. The lowest BCUT2D eigenvalue weighted by Gasteiger charge is -2.37. The Hall–Kier alpha value is -0.910. The van der Waals surface area contributed by atoms with Crippen molar-refractivity contribution in [2.75, 3.05) is 0 Å². The first-order valence-electron chi connectivity index (χ1n) is 5.94. The van der Waals surface area contributed by atoms with Crippen molar-refractivity contribution in [3.63, 3.8) is 0 Å². The van der Waals surface area contributed by atoms with Crippen LogP contribution < -0.4 is 5.73 Å². The van der Waals surface area contributed by atoms with Gasteiger partial charge in [-0.3, -0.25) is 4.79 Å². The fraction of sp³-hybridized carbons (Fsp3) is 0.750. The van der Waals surface area contributed by atoms with Crippen molar-refractivity contribution >= 4 is 5.97 Å². The zero-order chi connectivity index (χ0) is 12.8. The number of aliphatic hydroxyl groups excluding tert-OH is 2. The van der Waals surface area contributed by atoms with E-state index in [4.69, 9.17) is 10.8 Å². The van der Waals surface area contributed by atoms with Crippen molar-refractivity contribution < 1.29 is 20.1 Å². The van der Waals surface area contributed by atoms with Crippen molar-refractivity contribution in [1.29, 1.82) is 0 Å². The summed E-state index contributed by atoms with van der Waals surface area (Å²) in [6.07, 6.45) is 3.32. The lowest BCUT2D eigenvalue weighted by Crippen LogP contribution is -2.66. The predicted octanol–water partition coefficient (Wildman–Crippen LogP) is -0.278. The molecule has 2 bridgehead atoms. The molecular weight excluding hydrogens is 222 g/mol. The number of allylic oxidation sites excluding steroid dienone is 2. The average molecular weight is 241 g/mol. The Kier molecular flexibility index (Phi) is 3.01. The summed E-state index contributed by atoms with van der Waals surface area (Å²) in [4.78, 5) is 11.2. The number of hydrogen-bond donors (Lipinski definition) is 4. The highest BCUT2D eigenvalue weighted by Gasteiger charge is 2.53. The molecule has 0 aromatic carbocycles. The third-order valence-corrected chi connectivity index (χ3v) is 4.29. The topological polar surface area (TPSA) is 104 Å². The molecule has 5 N–H and O–H groups in total. The highest BCUT2D eigenvalue weighted by Crippen LogP contribution is 2.46. The van der Waals surface area contributed by atoms with Crippen LogP contribution in [0.25, 0.3) is 0 Å². The molecule has 4 unspecified atom stereocenters. The molecule has 0 aromatic rings. The lowest BCUT2D eigenvalue weighted by atomic mass is 9.76. The number of nitrogens with two attached hydrogens (primary N) is 1. The van der Waals surface area contributed by atoms with Crippen LogP contribution in [0.3, 0.4) is 0 Å². The highest BCUT2D eigenvalue weighted by molar-refractivity contribution is 5.80. The van der Waals surface area contributed by atoms with Crippen LogP contribution in [0.4, 0.5) is 0 Å². The minimum atomic E-state index is -1.98. The van der Waals surface area contributed by atoms with E-state index in [1.807, 2.05) is 6.08 Å². The number of carboxylic acid groups (broad SMARTS) is 1. The highest BCUT2D eigenvalue weighted by atomic mass is 16.4. The number of aliphatic carboxylic acids is 1. The monoisotopic (exact) mass is 241 g/mol. The molecule has 2 aliphatic rings. The molecule has 5 nitrogen and oxygen atoms in total. The van der Waals surface area contributed by atoms with Crippen LogP contribution in [-0.4, -0.2) is 39.0 Å². The van der Waals surface area contributed by atoms with Crippen LogP contribution in [0.1, 0.15) is 19.8 Å². The third-order valence-electron chi connectivity index (χ3n) is 4.29. The fourth-order valence-corrected chi connectivity index (χ4v) is 3.09. The Labute approximate surface area is 99.9 Å². The predicted molar refractivity (Wildman–Crippen MR) is 61.1 cm³/mol. The van der Waals surface area contributed by atoms with E-state index in [1.165, 1.54) is 6.92 Å². The van der Waals surface area contributed by atoms with Crippen LogP contribution in [0.15, 0.2) is 12.2 Å². The van der Waals surface area contributed by atoms with Gasteiger partial charge in [0.25, 0.3) is 0 Å². The fourth-order valence-electron chi connectivity index (χ4n) is 3.09. The number of carboxylic acids is 1. The van der Waals surface area contributed by atoms with Gasteiger partial charge in [0.15, 0.2) is 5.54 Å². The first-order chi connectivity index (χ1) is 7.87. The molecule has 0 heterocycles. The molecule has 17 heavy (non-hydrogen) atoms. The summed E-state index contributed by atoms with van der Waals surface area (Å²) < 4.78 is 0. The summed E-state index contributed by atoms with van der Waals surface area (Å²) >= 11 is 0. The minimum absolute atomic E-state index is 0.166. The van der Waals surface area contributed by atoms with Crippen molar-refractivity contribution in [3.8, 4) is 0 Å². The third kappa shape index (κ3) is 1.78. The van der Waals surface area contributed by atoms with Gasteiger partial charge in [-0.05, 0) is 37.5 Å². The normalized spacial score (nSPS) is 37.8. The molecule has 0 radical (unpaired) electrons. The van der Waals surface area contributed by atoms with E-state index in [-0.39, 0.29) is 11.8 Å². The lowest BCUT2D eigenvalue weighted by molar-refractivity contribution is -0.157. The van der Waals surface area contributed by atoms with Crippen LogP contribution in [0, 0.1) is 17.8 Å². The van der Waals surface area contributed by atoms with Gasteiger partial charge in [0, 0.05) is 0 Å². The van der Waals surface area contributed by atoms with Crippen molar-refractivity contribution in [2.45, 2.75) is 37.5 Å². The van der Waals surface area contributed by atoms with E-state index >= 15 is 0 Å². The van der Waals surface area contributed by atoms with Crippen molar-refractivity contribution in [1.82, 2.24) is 0 Å². The minimum Gasteiger partial charge on any atom is -0.480 e. The van der Waals surface area contributed by atoms with Crippen LogP contribution in [0.2, 0.25) is 0 Å².